The van der Waals surface area contributed by atoms with Crippen molar-refractivity contribution in [2.45, 2.75) is 46.1 Å². The van der Waals surface area contributed by atoms with Crippen molar-refractivity contribution in [3.8, 4) is 5.75 Å². The van der Waals surface area contributed by atoms with Crippen molar-refractivity contribution in [2.75, 3.05) is 26.2 Å². The number of halogens is 1. The van der Waals surface area contributed by atoms with Gasteiger partial charge < -0.3 is 15.0 Å². The Morgan fingerprint density at radius 1 is 1.21 bits per heavy atom. The Balaban J connectivity index is 0.00000300. The van der Waals surface area contributed by atoms with Crippen LogP contribution in [0.5, 0.6) is 5.75 Å². The highest BCUT2D eigenvalue weighted by molar-refractivity contribution is 14.0. The van der Waals surface area contributed by atoms with Gasteiger partial charge in [0.1, 0.15) is 11.9 Å². The van der Waals surface area contributed by atoms with E-state index in [0.717, 1.165) is 62.8 Å². The van der Waals surface area contributed by atoms with Crippen LogP contribution in [0, 0.1) is 13.8 Å². The number of piperidine rings is 1. The number of rotatable bonds is 6. The molecule has 2 aromatic rings. The minimum absolute atomic E-state index is 0. The maximum Gasteiger partial charge on any atom is 0.193 e. The molecule has 0 saturated carbocycles. The molecular formula is C22H34IN5O. The van der Waals surface area contributed by atoms with Crippen LogP contribution >= 0.6 is 24.0 Å². The van der Waals surface area contributed by atoms with Crippen molar-refractivity contribution in [1.82, 2.24) is 20.0 Å². The van der Waals surface area contributed by atoms with Gasteiger partial charge in [0, 0.05) is 51.8 Å². The molecule has 2 heterocycles. The van der Waals surface area contributed by atoms with Crippen LogP contribution in [-0.2, 0) is 13.5 Å². The molecule has 1 saturated heterocycles. The Labute approximate surface area is 191 Å². The third-order valence-electron chi connectivity index (χ3n) is 5.40. The summed E-state index contributed by atoms with van der Waals surface area (Å²) in [5.41, 5.74) is 3.66. The summed E-state index contributed by atoms with van der Waals surface area (Å²) in [6.07, 6.45) is 3.23. The summed E-state index contributed by atoms with van der Waals surface area (Å²) in [7, 11) is 2.00. The first-order valence-electron chi connectivity index (χ1n) is 10.3. The summed E-state index contributed by atoms with van der Waals surface area (Å²) < 4.78 is 8.07. The molecule has 1 N–H and O–H groups in total. The highest BCUT2D eigenvalue weighted by atomic mass is 127. The Kier molecular flexibility index (Phi) is 9.26. The maximum atomic E-state index is 6.11. The average molecular weight is 511 g/mol. The molecule has 0 spiro atoms. The van der Waals surface area contributed by atoms with Gasteiger partial charge in [-0.05, 0) is 44.9 Å². The number of hydrogen-bond acceptors (Lipinski definition) is 3. The van der Waals surface area contributed by atoms with E-state index in [1.807, 2.05) is 42.1 Å². The number of aliphatic imine (C=N–C) groups is 1. The van der Waals surface area contributed by atoms with Gasteiger partial charge in [0.2, 0.25) is 0 Å². The molecule has 1 aromatic carbocycles. The minimum Gasteiger partial charge on any atom is -0.490 e. The number of likely N-dealkylation sites (tertiary alicyclic amines) is 1. The summed E-state index contributed by atoms with van der Waals surface area (Å²) in [5.74, 6) is 1.98. The van der Waals surface area contributed by atoms with Crippen LogP contribution in [0.3, 0.4) is 0 Å². The van der Waals surface area contributed by atoms with Crippen molar-refractivity contribution in [3.05, 3.63) is 47.3 Å². The lowest BCUT2D eigenvalue weighted by Crippen LogP contribution is -2.47. The normalized spacial score (nSPS) is 15.2. The van der Waals surface area contributed by atoms with Crippen molar-refractivity contribution in [1.29, 1.82) is 0 Å². The molecular weight excluding hydrogens is 477 g/mol. The number of ether oxygens (including phenoxy) is 1. The lowest BCUT2D eigenvalue weighted by atomic mass is 10.1. The van der Waals surface area contributed by atoms with Gasteiger partial charge in [-0.25, -0.2) is 0 Å². The van der Waals surface area contributed by atoms with Crippen LogP contribution in [0.1, 0.15) is 36.7 Å². The van der Waals surface area contributed by atoms with Gasteiger partial charge in [0.25, 0.3) is 0 Å². The molecule has 0 aliphatic carbocycles. The van der Waals surface area contributed by atoms with Crippen LogP contribution in [0.15, 0.2) is 35.3 Å². The molecule has 0 atom stereocenters. The first-order valence-corrected chi connectivity index (χ1v) is 10.3. The maximum absolute atomic E-state index is 6.11. The average Bonchev–Trinajstić information content (AvgIpc) is 2.94. The quantitative estimate of drug-likeness (QED) is 0.365. The van der Waals surface area contributed by atoms with Crippen molar-refractivity contribution in [2.24, 2.45) is 12.0 Å². The summed E-state index contributed by atoms with van der Waals surface area (Å²) in [6, 6.07) is 10.1. The van der Waals surface area contributed by atoms with Gasteiger partial charge in [0.05, 0.1) is 5.69 Å². The zero-order chi connectivity index (χ0) is 19.9. The van der Waals surface area contributed by atoms with E-state index in [1.165, 1.54) is 11.3 Å². The number of hydrogen-bond donors (Lipinski definition) is 1. The number of nitrogens with zero attached hydrogens (tertiary/aromatic N) is 4. The monoisotopic (exact) mass is 511 g/mol. The fourth-order valence-corrected chi connectivity index (χ4v) is 3.76. The van der Waals surface area contributed by atoms with E-state index in [1.54, 1.807) is 0 Å². The Morgan fingerprint density at radius 2 is 1.90 bits per heavy atom. The van der Waals surface area contributed by atoms with E-state index in [-0.39, 0.29) is 30.1 Å². The smallest absolute Gasteiger partial charge is 0.193 e. The van der Waals surface area contributed by atoms with Gasteiger partial charge in [-0.15, -0.1) is 24.0 Å². The largest absolute Gasteiger partial charge is 0.490 e. The molecule has 7 heteroatoms. The molecule has 1 fully saturated rings. The number of benzene rings is 1. The topological polar surface area (TPSA) is 54.7 Å². The van der Waals surface area contributed by atoms with E-state index >= 15 is 0 Å². The van der Waals surface area contributed by atoms with Gasteiger partial charge in [-0.3, -0.25) is 9.67 Å². The Hall–Kier alpha value is -1.77. The van der Waals surface area contributed by atoms with E-state index < -0.39 is 0 Å². The molecule has 0 bridgehead atoms. The second-order valence-electron chi connectivity index (χ2n) is 7.38. The van der Waals surface area contributed by atoms with Crippen LogP contribution < -0.4 is 10.1 Å². The Morgan fingerprint density at radius 3 is 2.48 bits per heavy atom. The minimum atomic E-state index is 0. The van der Waals surface area contributed by atoms with Crippen LogP contribution in [0.2, 0.25) is 0 Å². The molecule has 29 heavy (non-hydrogen) atoms. The van der Waals surface area contributed by atoms with Crippen LogP contribution in [0.25, 0.3) is 0 Å². The van der Waals surface area contributed by atoms with Crippen molar-refractivity contribution >= 4 is 29.9 Å². The number of aryl methyl sites for hydroxylation is 2. The Bertz CT molecular complexity index is 782. The van der Waals surface area contributed by atoms with Crippen LogP contribution in [-0.4, -0.2) is 52.9 Å². The van der Waals surface area contributed by atoms with E-state index in [0.29, 0.717) is 0 Å². The summed E-state index contributed by atoms with van der Waals surface area (Å²) >= 11 is 0. The number of guanidine groups is 1. The second-order valence-corrected chi connectivity index (χ2v) is 7.38. The summed E-state index contributed by atoms with van der Waals surface area (Å²) in [4.78, 5) is 7.24. The lowest BCUT2D eigenvalue weighted by Gasteiger charge is -2.34. The zero-order valence-corrected chi connectivity index (χ0v) is 20.3. The van der Waals surface area contributed by atoms with Crippen LogP contribution in [0.4, 0.5) is 0 Å². The van der Waals surface area contributed by atoms with E-state index in [9.17, 15) is 0 Å². The van der Waals surface area contributed by atoms with Gasteiger partial charge in [0.15, 0.2) is 5.96 Å². The number of nitrogens with one attached hydrogen (secondary N) is 1. The molecule has 1 aromatic heterocycles. The van der Waals surface area contributed by atoms with Gasteiger partial charge in [-0.1, -0.05) is 18.2 Å². The second kappa shape index (κ2) is 11.4. The molecule has 160 valence electrons. The predicted molar refractivity (Wildman–Crippen MR) is 129 cm³/mol. The zero-order valence-electron chi connectivity index (χ0n) is 18.0. The predicted octanol–water partition coefficient (Wildman–Crippen LogP) is 3.71. The molecule has 6 nitrogen and oxygen atoms in total. The number of para-hydroxylation sites is 1. The molecule has 0 amide bonds. The molecule has 0 radical (unpaired) electrons. The summed E-state index contributed by atoms with van der Waals surface area (Å²) in [5, 5.41) is 7.96. The van der Waals surface area contributed by atoms with Gasteiger partial charge in [-0.2, -0.15) is 5.10 Å². The third kappa shape index (κ3) is 6.35. The molecule has 0 unspecified atom stereocenters. The fraction of sp³-hybridized carbons (Fsp3) is 0.545. The highest BCUT2D eigenvalue weighted by Crippen LogP contribution is 2.19. The molecule has 3 rings (SSSR count). The third-order valence-corrected chi connectivity index (χ3v) is 5.40. The lowest BCUT2D eigenvalue weighted by molar-refractivity contribution is 0.129. The molecule has 1 aliphatic heterocycles. The SMILES string of the molecule is CCNC(=NCCc1c(C)nn(C)c1C)N1CCC(Oc2ccccc2)CC1.I. The summed E-state index contributed by atoms with van der Waals surface area (Å²) in [6.45, 7) is 9.91. The van der Waals surface area contributed by atoms with E-state index in [4.69, 9.17) is 9.73 Å². The van der Waals surface area contributed by atoms with Crippen molar-refractivity contribution in [3.63, 3.8) is 0 Å². The van der Waals surface area contributed by atoms with E-state index in [2.05, 4.69) is 36.1 Å². The first kappa shape index (κ1) is 23.5. The fourth-order valence-electron chi connectivity index (χ4n) is 3.76. The first-order chi connectivity index (χ1) is 13.6. The highest BCUT2D eigenvalue weighted by Gasteiger charge is 2.22. The van der Waals surface area contributed by atoms with Crippen molar-refractivity contribution < 1.29 is 4.74 Å². The molecule has 1 aliphatic rings. The number of aromatic nitrogens is 2. The standard InChI is InChI=1S/C22H33N5O.HI/c1-5-23-22(24-14-11-21-17(2)25-26(4)18(21)3)27-15-12-20(13-16-27)28-19-9-7-6-8-10-19;/h6-10,20H,5,11-16H2,1-4H3,(H,23,24);1H. The van der Waals surface area contributed by atoms with Gasteiger partial charge >= 0.3 is 0 Å².